The molecule has 0 saturated heterocycles. The Labute approximate surface area is 233 Å². The van der Waals surface area contributed by atoms with E-state index in [2.05, 4.69) is 10.4 Å². The van der Waals surface area contributed by atoms with Crippen molar-refractivity contribution in [3.63, 3.8) is 0 Å². The average Bonchev–Trinajstić information content (AvgIpc) is 2.98. The largest absolute Gasteiger partial charge is 0.490 e. The van der Waals surface area contributed by atoms with Gasteiger partial charge in [-0.1, -0.05) is 49.1 Å². The van der Waals surface area contributed by atoms with Crippen molar-refractivity contribution in [3.05, 3.63) is 94.0 Å². The molecule has 4 aromatic rings. The highest BCUT2D eigenvalue weighted by Crippen LogP contribution is 2.32. The number of aromatic nitrogens is 2. The maximum atomic E-state index is 13.5. The second-order valence-corrected chi connectivity index (χ2v) is 10.0. The van der Waals surface area contributed by atoms with E-state index >= 15 is 0 Å². The van der Waals surface area contributed by atoms with Gasteiger partial charge in [0.05, 0.1) is 23.7 Å². The zero-order valence-electron chi connectivity index (χ0n) is 22.9. The number of ether oxygens (including phenoxy) is 2. The van der Waals surface area contributed by atoms with Crippen LogP contribution >= 0.6 is 0 Å². The Morgan fingerprint density at radius 3 is 2.58 bits per heavy atom. The van der Waals surface area contributed by atoms with Crippen molar-refractivity contribution in [2.24, 2.45) is 5.10 Å². The van der Waals surface area contributed by atoms with E-state index in [0.717, 1.165) is 36.8 Å². The smallest absolute Gasteiger partial charge is 0.282 e. The maximum absolute atomic E-state index is 13.5. The van der Waals surface area contributed by atoms with Gasteiger partial charge < -0.3 is 14.8 Å². The number of para-hydroxylation sites is 1. The minimum atomic E-state index is -0.268. The third-order valence-electron chi connectivity index (χ3n) is 7.03. The van der Waals surface area contributed by atoms with Crippen LogP contribution in [0, 0.1) is 6.92 Å². The van der Waals surface area contributed by atoms with Gasteiger partial charge >= 0.3 is 0 Å². The van der Waals surface area contributed by atoms with E-state index in [0.29, 0.717) is 40.5 Å². The summed E-state index contributed by atoms with van der Waals surface area (Å²) in [6.45, 7) is 4.13. The number of carbonyl (C=O) groups is 1. The first kappa shape index (κ1) is 27.1. The van der Waals surface area contributed by atoms with Crippen molar-refractivity contribution >= 4 is 28.7 Å². The lowest BCUT2D eigenvalue weighted by molar-refractivity contribution is -0.118. The standard InChI is InChI=1S/C32H34N4O4/c1-3-39-29-19-23(15-18-28(29)40-21-30(37)34-25-16-13-22(2)14-17-25)20-33-36-31(24-9-5-4-6-10-24)35-27-12-8-7-11-26(27)32(36)38/h7-8,11-20,24H,3-6,9-10,21H2,1-2H3,(H,34,37). The molecule has 0 spiro atoms. The molecule has 1 saturated carbocycles. The van der Waals surface area contributed by atoms with Gasteiger partial charge in [0.1, 0.15) is 5.82 Å². The summed E-state index contributed by atoms with van der Waals surface area (Å²) >= 11 is 0. The molecule has 1 N–H and O–H groups in total. The number of rotatable bonds is 9. The summed E-state index contributed by atoms with van der Waals surface area (Å²) < 4.78 is 13.0. The highest BCUT2D eigenvalue weighted by Gasteiger charge is 2.22. The van der Waals surface area contributed by atoms with Gasteiger partial charge in [0, 0.05) is 11.6 Å². The number of nitrogens with one attached hydrogen (secondary N) is 1. The second kappa shape index (κ2) is 12.6. The Hall–Kier alpha value is -4.46. The number of hydrogen-bond acceptors (Lipinski definition) is 6. The molecule has 0 aliphatic heterocycles. The summed E-state index contributed by atoms with van der Waals surface area (Å²) in [5.74, 6) is 1.58. The first-order valence-corrected chi connectivity index (χ1v) is 13.8. The number of benzene rings is 3. The third kappa shape index (κ3) is 6.39. The molecule has 1 amide bonds. The van der Waals surface area contributed by atoms with E-state index < -0.39 is 0 Å². The van der Waals surface area contributed by atoms with Gasteiger partial charge in [-0.2, -0.15) is 9.78 Å². The number of hydrogen-bond donors (Lipinski definition) is 1. The molecule has 1 aromatic heterocycles. The molecule has 1 fully saturated rings. The van der Waals surface area contributed by atoms with Gasteiger partial charge in [-0.15, -0.1) is 0 Å². The van der Waals surface area contributed by atoms with E-state index in [9.17, 15) is 9.59 Å². The Morgan fingerprint density at radius 2 is 1.80 bits per heavy atom. The fourth-order valence-electron chi connectivity index (χ4n) is 4.97. The highest BCUT2D eigenvalue weighted by atomic mass is 16.5. The van der Waals surface area contributed by atoms with Gasteiger partial charge in [-0.05, 0) is 74.7 Å². The molecule has 3 aromatic carbocycles. The maximum Gasteiger partial charge on any atom is 0.282 e. The molecule has 1 aliphatic carbocycles. The lowest BCUT2D eigenvalue weighted by Gasteiger charge is -2.22. The molecule has 0 radical (unpaired) electrons. The van der Waals surface area contributed by atoms with Crippen molar-refractivity contribution < 1.29 is 14.3 Å². The topological polar surface area (TPSA) is 94.8 Å². The molecule has 8 nitrogen and oxygen atoms in total. The van der Waals surface area contributed by atoms with Crippen LogP contribution in [0.4, 0.5) is 5.69 Å². The minimum absolute atomic E-state index is 0.162. The minimum Gasteiger partial charge on any atom is -0.490 e. The number of carbonyl (C=O) groups excluding carboxylic acids is 1. The van der Waals surface area contributed by atoms with Crippen molar-refractivity contribution in [1.82, 2.24) is 9.66 Å². The van der Waals surface area contributed by atoms with Crippen molar-refractivity contribution in [1.29, 1.82) is 0 Å². The number of aryl methyl sites for hydroxylation is 1. The van der Waals surface area contributed by atoms with Crippen molar-refractivity contribution in [2.75, 3.05) is 18.5 Å². The van der Waals surface area contributed by atoms with Gasteiger partial charge in [0.2, 0.25) is 0 Å². The number of nitrogens with zero attached hydrogens (tertiary/aromatic N) is 3. The van der Waals surface area contributed by atoms with Crippen molar-refractivity contribution in [2.45, 2.75) is 51.9 Å². The third-order valence-corrected chi connectivity index (χ3v) is 7.03. The van der Waals surface area contributed by atoms with E-state index in [1.54, 1.807) is 24.4 Å². The Bertz CT molecular complexity index is 1570. The molecule has 8 heteroatoms. The van der Waals surface area contributed by atoms with E-state index in [4.69, 9.17) is 14.5 Å². The molecule has 40 heavy (non-hydrogen) atoms. The van der Waals surface area contributed by atoms with E-state index in [1.165, 1.54) is 11.1 Å². The normalized spacial score (nSPS) is 13.9. The first-order chi connectivity index (χ1) is 19.5. The summed E-state index contributed by atoms with van der Waals surface area (Å²) in [5, 5.41) is 7.99. The SMILES string of the molecule is CCOc1cc(C=Nn2c(C3CCCCC3)nc3ccccc3c2=O)ccc1OCC(=O)Nc1ccc(C)cc1. The zero-order valence-corrected chi connectivity index (χ0v) is 22.9. The lowest BCUT2D eigenvalue weighted by Crippen LogP contribution is -2.25. The van der Waals surface area contributed by atoms with Crippen LogP contribution in [0.15, 0.2) is 76.6 Å². The second-order valence-electron chi connectivity index (χ2n) is 10.0. The predicted octanol–water partition coefficient (Wildman–Crippen LogP) is 6.05. The number of amides is 1. The molecule has 0 atom stereocenters. The number of anilines is 1. The Kier molecular flexibility index (Phi) is 8.54. The summed E-state index contributed by atoms with van der Waals surface area (Å²) in [4.78, 5) is 30.8. The summed E-state index contributed by atoms with van der Waals surface area (Å²) in [6, 6.07) is 20.3. The summed E-state index contributed by atoms with van der Waals surface area (Å²) in [5.41, 5.74) is 3.08. The monoisotopic (exact) mass is 538 g/mol. The zero-order chi connectivity index (χ0) is 27.9. The van der Waals surface area contributed by atoms with Crippen LogP contribution in [0.1, 0.15) is 61.9 Å². The Morgan fingerprint density at radius 1 is 1.02 bits per heavy atom. The van der Waals surface area contributed by atoms with Crippen LogP contribution in [0.3, 0.4) is 0 Å². The molecule has 1 heterocycles. The fourth-order valence-corrected chi connectivity index (χ4v) is 4.97. The summed E-state index contributed by atoms with van der Waals surface area (Å²) in [7, 11) is 0. The van der Waals surface area contributed by atoms with Crippen LogP contribution < -0.4 is 20.3 Å². The average molecular weight is 539 g/mol. The van der Waals surface area contributed by atoms with Gasteiger partial charge in [0.25, 0.3) is 11.5 Å². The van der Waals surface area contributed by atoms with Gasteiger partial charge in [-0.3, -0.25) is 9.59 Å². The van der Waals surface area contributed by atoms with Crippen LogP contribution in [-0.2, 0) is 4.79 Å². The van der Waals surface area contributed by atoms with E-state index in [-0.39, 0.29) is 24.0 Å². The number of fused-ring (bicyclic) bond motifs is 1. The first-order valence-electron chi connectivity index (χ1n) is 13.8. The Balaban J connectivity index is 1.37. The summed E-state index contributed by atoms with van der Waals surface area (Å²) in [6.07, 6.45) is 7.09. The fraction of sp³-hybridized carbons (Fsp3) is 0.312. The lowest BCUT2D eigenvalue weighted by atomic mass is 9.88. The molecule has 206 valence electrons. The quantitative estimate of drug-likeness (QED) is 0.262. The van der Waals surface area contributed by atoms with Crippen LogP contribution in [0.25, 0.3) is 10.9 Å². The predicted molar refractivity (Wildman–Crippen MR) is 158 cm³/mol. The van der Waals surface area contributed by atoms with Crippen molar-refractivity contribution in [3.8, 4) is 11.5 Å². The highest BCUT2D eigenvalue weighted by molar-refractivity contribution is 5.92. The molecule has 0 bridgehead atoms. The molecular formula is C32H34N4O4. The van der Waals surface area contributed by atoms with Gasteiger partial charge in [0.15, 0.2) is 18.1 Å². The molecule has 5 rings (SSSR count). The van der Waals surface area contributed by atoms with Gasteiger partial charge in [-0.25, -0.2) is 4.98 Å². The molecule has 1 aliphatic rings. The molecular weight excluding hydrogens is 504 g/mol. The van der Waals surface area contributed by atoms with Crippen LogP contribution in [0.2, 0.25) is 0 Å². The van der Waals surface area contributed by atoms with E-state index in [1.807, 2.05) is 62.4 Å². The van der Waals surface area contributed by atoms with Crippen LogP contribution in [-0.4, -0.2) is 35.0 Å². The van der Waals surface area contributed by atoms with Crippen LogP contribution in [0.5, 0.6) is 11.5 Å². The molecule has 0 unspecified atom stereocenters.